The fourth-order valence-corrected chi connectivity index (χ4v) is 2.49. The van der Waals surface area contributed by atoms with Crippen molar-refractivity contribution in [1.29, 1.82) is 0 Å². The molecule has 0 aliphatic heterocycles. The van der Waals surface area contributed by atoms with Crippen LogP contribution in [0.1, 0.15) is 17.9 Å². The molecule has 3 rings (SSSR count). The molecule has 1 amide bonds. The van der Waals surface area contributed by atoms with E-state index < -0.39 is 30.1 Å². The number of benzene rings is 1. The molecule has 0 spiro atoms. The molecule has 0 radical (unpaired) electrons. The molecule has 2 atom stereocenters. The van der Waals surface area contributed by atoms with Gasteiger partial charge in [-0.2, -0.15) is 18.2 Å². The number of hydroxylamine groups is 2. The summed E-state index contributed by atoms with van der Waals surface area (Å²) in [6, 6.07) is 6.03. The first-order chi connectivity index (χ1) is 13.6. The van der Waals surface area contributed by atoms with Crippen LogP contribution in [0, 0.1) is 5.92 Å². The van der Waals surface area contributed by atoms with Gasteiger partial charge in [0.1, 0.15) is 10.7 Å². The number of hydrogen-bond acceptors (Lipinski definition) is 5. The smallest absolute Gasteiger partial charge is 0.329 e. The zero-order valence-electron chi connectivity index (χ0n) is 14.5. The minimum atomic E-state index is -4.74. The summed E-state index contributed by atoms with van der Waals surface area (Å²) in [5.41, 5.74) is 0.869. The van der Waals surface area contributed by atoms with Crippen molar-refractivity contribution in [2.45, 2.75) is 25.3 Å². The van der Waals surface area contributed by atoms with Crippen molar-refractivity contribution >= 4 is 29.1 Å². The molecule has 1 fully saturated rings. The maximum atomic E-state index is 13.2. The quantitative estimate of drug-likeness (QED) is 0.449. The molecule has 0 saturated heterocycles. The summed E-state index contributed by atoms with van der Waals surface area (Å²) >= 11 is 11.0. The second kappa shape index (κ2) is 8.68. The van der Waals surface area contributed by atoms with Crippen LogP contribution in [0.15, 0.2) is 39.4 Å². The summed E-state index contributed by atoms with van der Waals surface area (Å²) in [4.78, 5) is 20.9. The van der Waals surface area contributed by atoms with Crippen LogP contribution >= 0.6 is 23.2 Å². The maximum absolute atomic E-state index is 13.2. The molecule has 1 aromatic heterocycles. The van der Waals surface area contributed by atoms with E-state index in [0.717, 1.165) is 5.06 Å². The van der Waals surface area contributed by atoms with Crippen molar-refractivity contribution in [2.75, 3.05) is 6.61 Å². The Balaban J connectivity index is 1.70. The molecular formula is C17H13Cl2F4N3O3. The Morgan fingerprint density at radius 1 is 1.31 bits per heavy atom. The predicted molar refractivity (Wildman–Crippen MR) is 94.0 cm³/mol. The van der Waals surface area contributed by atoms with Crippen molar-refractivity contribution in [3.63, 3.8) is 0 Å². The first kappa shape index (κ1) is 21.5. The molecule has 2 aromatic rings. The van der Waals surface area contributed by atoms with Crippen LogP contribution in [0.25, 0.3) is 11.4 Å². The summed E-state index contributed by atoms with van der Waals surface area (Å²) in [6.45, 7) is -0.116. The molecule has 12 heteroatoms. The van der Waals surface area contributed by atoms with E-state index in [-0.39, 0.29) is 35.5 Å². The van der Waals surface area contributed by atoms with Crippen molar-refractivity contribution in [1.82, 2.24) is 15.2 Å². The monoisotopic (exact) mass is 453 g/mol. The van der Waals surface area contributed by atoms with E-state index in [4.69, 9.17) is 28.0 Å². The summed E-state index contributed by atoms with van der Waals surface area (Å²) in [7, 11) is 0. The molecular weight excluding hydrogens is 441 g/mol. The van der Waals surface area contributed by atoms with E-state index in [2.05, 4.69) is 14.7 Å². The van der Waals surface area contributed by atoms with Gasteiger partial charge in [-0.15, -0.1) is 0 Å². The van der Waals surface area contributed by atoms with Crippen LogP contribution in [-0.2, 0) is 22.4 Å². The van der Waals surface area contributed by atoms with E-state index in [1.807, 2.05) is 0 Å². The van der Waals surface area contributed by atoms with Gasteiger partial charge in [0.2, 0.25) is 5.82 Å². The van der Waals surface area contributed by atoms with E-state index in [1.165, 1.54) is 18.2 Å². The van der Waals surface area contributed by atoms with Crippen molar-refractivity contribution in [3.8, 4) is 11.4 Å². The molecule has 1 saturated carbocycles. The molecule has 29 heavy (non-hydrogen) atoms. The van der Waals surface area contributed by atoms with Crippen LogP contribution in [0.5, 0.6) is 0 Å². The highest BCUT2D eigenvalue weighted by atomic mass is 35.5. The number of halogens is 6. The van der Waals surface area contributed by atoms with Gasteiger partial charge in [-0.1, -0.05) is 52.6 Å². The molecule has 156 valence electrons. The predicted octanol–water partition coefficient (Wildman–Crippen LogP) is 4.69. The third kappa shape index (κ3) is 5.68. The summed E-state index contributed by atoms with van der Waals surface area (Å²) < 4.78 is 55.1. The van der Waals surface area contributed by atoms with Gasteiger partial charge in [0.05, 0.1) is 19.1 Å². The van der Waals surface area contributed by atoms with E-state index in [0.29, 0.717) is 5.56 Å². The highest BCUT2D eigenvalue weighted by Gasteiger charge is 2.46. The van der Waals surface area contributed by atoms with Crippen LogP contribution in [0.2, 0.25) is 0 Å². The Labute approximate surface area is 172 Å². The number of nitrogens with zero attached hydrogens (tertiary/aromatic N) is 3. The number of carbonyl (C=O) groups excluding carboxylic acids is 1. The van der Waals surface area contributed by atoms with Crippen molar-refractivity contribution < 1.29 is 31.7 Å². The number of alkyl halides is 4. The number of rotatable bonds is 7. The summed E-state index contributed by atoms with van der Waals surface area (Å²) in [5, 5.41) is 4.30. The van der Waals surface area contributed by atoms with Crippen LogP contribution in [-0.4, -0.2) is 33.9 Å². The second-order valence-corrected chi connectivity index (χ2v) is 7.15. The van der Waals surface area contributed by atoms with E-state index in [9.17, 15) is 22.4 Å². The van der Waals surface area contributed by atoms with E-state index >= 15 is 0 Å². The standard InChI is InChI=1S/C17H13Cl2F4N3O3/c18-13(19)5-6-28-26(15(27)11-7-12(11)20)8-9-1-3-10(4-2-9)14-24-16(29-25-14)17(21,22)23/h1-5,11-12H,6-8H2. The average molecular weight is 454 g/mol. The fourth-order valence-electron chi connectivity index (χ4n) is 2.36. The number of aromatic nitrogens is 2. The lowest BCUT2D eigenvalue weighted by molar-refractivity contribution is -0.187. The minimum absolute atomic E-state index is 0.0177. The fraction of sp³-hybridized carbons (Fsp3) is 0.353. The molecule has 1 aromatic carbocycles. The van der Waals surface area contributed by atoms with Crippen molar-refractivity contribution in [3.05, 3.63) is 46.3 Å². The summed E-state index contributed by atoms with van der Waals surface area (Å²) in [5.74, 6) is -2.95. The minimum Gasteiger partial charge on any atom is -0.329 e. The van der Waals surface area contributed by atoms with Crippen LogP contribution in [0.4, 0.5) is 17.6 Å². The molecule has 1 aliphatic rings. The Morgan fingerprint density at radius 2 is 1.97 bits per heavy atom. The van der Waals surface area contributed by atoms with Crippen molar-refractivity contribution in [2.24, 2.45) is 5.92 Å². The van der Waals surface area contributed by atoms with Gasteiger partial charge in [-0.3, -0.25) is 9.63 Å². The number of amides is 1. The Kier molecular flexibility index (Phi) is 6.45. The third-order valence-electron chi connectivity index (χ3n) is 3.95. The van der Waals surface area contributed by atoms with Gasteiger partial charge in [0.15, 0.2) is 0 Å². The highest BCUT2D eigenvalue weighted by molar-refractivity contribution is 6.55. The van der Waals surface area contributed by atoms with Gasteiger partial charge in [0, 0.05) is 5.56 Å². The molecule has 0 bridgehead atoms. The lowest BCUT2D eigenvalue weighted by atomic mass is 10.1. The maximum Gasteiger partial charge on any atom is 0.471 e. The molecule has 6 nitrogen and oxygen atoms in total. The Hall–Kier alpha value is -2.17. The number of carbonyl (C=O) groups is 1. The highest BCUT2D eigenvalue weighted by Crippen LogP contribution is 2.36. The molecule has 1 aliphatic carbocycles. The lowest BCUT2D eigenvalue weighted by Crippen LogP contribution is -2.32. The number of hydrogen-bond donors (Lipinski definition) is 0. The van der Waals surface area contributed by atoms with Gasteiger partial charge in [0.25, 0.3) is 5.91 Å². The van der Waals surface area contributed by atoms with Crippen LogP contribution in [0.3, 0.4) is 0 Å². The van der Waals surface area contributed by atoms with Gasteiger partial charge in [-0.05, 0) is 18.1 Å². The molecule has 2 unspecified atom stereocenters. The zero-order chi connectivity index (χ0) is 21.2. The van der Waals surface area contributed by atoms with Gasteiger partial charge < -0.3 is 4.52 Å². The SMILES string of the molecule is O=C(C1CC1F)N(Cc1ccc(-c2noc(C(F)(F)F)n2)cc1)OCC=C(Cl)Cl. The zero-order valence-corrected chi connectivity index (χ0v) is 16.0. The molecule has 0 N–H and O–H groups in total. The normalized spacial score (nSPS) is 18.4. The van der Waals surface area contributed by atoms with Gasteiger partial charge in [-0.25, -0.2) is 9.45 Å². The topological polar surface area (TPSA) is 68.5 Å². The Bertz CT molecular complexity index is 898. The largest absolute Gasteiger partial charge is 0.471 e. The van der Waals surface area contributed by atoms with Gasteiger partial charge >= 0.3 is 12.1 Å². The van der Waals surface area contributed by atoms with E-state index in [1.54, 1.807) is 12.1 Å². The molecule has 1 heterocycles. The second-order valence-electron chi connectivity index (χ2n) is 6.14. The first-order valence-electron chi connectivity index (χ1n) is 8.25. The lowest BCUT2D eigenvalue weighted by Gasteiger charge is -2.21. The first-order valence-corrected chi connectivity index (χ1v) is 9.00. The van der Waals surface area contributed by atoms with Crippen LogP contribution < -0.4 is 0 Å². The summed E-state index contributed by atoms with van der Waals surface area (Å²) in [6.07, 6.45) is -4.49. The average Bonchev–Trinajstić information content (AvgIpc) is 3.16. The Morgan fingerprint density at radius 3 is 2.48 bits per heavy atom. The third-order valence-corrected chi connectivity index (χ3v) is 4.26.